The van der Waals surface area contributed by atoms with Gasteiger partial charge < -0.3 is 10.0 Å². The number of halogens is 1. The van der Waals surface area contributed by atoms with E-state index in [9.17, 15) is 14.7 Å². The van der Waals surface area contributed by atoms with Gasteiger partial charge in [-0.05, 0) is 50.5 Å². The van der Waals surface area contributed by atoms with E-state index < -0.39 is 11.4 Å². The molecule has 0 bridgehead atoms. The minimum Gasteiger partial charge on any atom is -0.481 e. The normalized spacial score (nSPS) is 22.6. The van der Waals surface area contributed by atoms with E-state index in [2.05, 4.69) is 0 Å². The van der Waals surface area contributed by atoms with Gasteiger partial charge in [0.05, 0.1) is 5.41 Å². The number of hydrogen-bond acceptors (Lipinski definition) is 2. The average molecular weight is 296 g/mol. The molecule has 1 saturated heterocycles. The molecule has 1 amide bonds. The smallest absolute Gasteiger partial charge is 0.311 e. The first kappa shape index (κ1) is 14.9. The number of piperidine rings is 1. The number of carboxylic acid groups (broad SMARTS) is 1. The monoisotopic (exact) mass is 295 g/mol. The molecule has 0 aliphatic carbocycles. The Balaban J connectivity index is 2.22. The van der Waals surface area contributed by atoms with Gasteiger partial charge in [0.25, 0.3) is 5.91 Å². The van der Waals surface area contributed by atoms with E-state index in [1.54, 1.807) is 30.0 Å². The number of aliphatic carboxylic acids is 1. The maximum Gasteiger partial charge on any atom is 0.311 e. The van der Waals surface area contributed by atoms with E-state index in [1.165, 1.54) is 0 Å². The number of amides is 1. The molecule has 2 rings (SSSR count). The number of carbonyl (C=O) groups excluding carboxylic acids is 1. The van der Waals surface area contributed by atoms with Gasteiger partial charge in [-0.25, -0.2) is 0 Å². The molecule has 20 heavy (non-hydrogen) atoms. The van der Waals surface area contributed by atoms with E-state index >= 15 is 0 Å². The summed E-state index contributed by atoms with van der Waals surface area (Å²) in [5.41, 5.74) is 0.574. The molecule has 1 aromatic carbocycles. The highest BCUT2D eigenvalue weighted by molar-refractivity contribution is 6.31. The van der Waals surface area contributed by atoms with Crippen molar-refractivity contribution in [3.05, 3.63) is 34.3 Å². The van der Waals surface area contributed by atoms with Gasteiger partial charge in [-0.1, -0.05) is 11.6 Å². The Labute approximate surface area is 123 Å². The number of nitrogens with zero attached hydrogens (tertiary/aromatic N) is 1. The van der Waals surface area contributed by atoms with Crippen LogP contribution < -0.4 is 0 Å². The molecule has 1 unspecified atom stereocenters. The summed E-state index contributed by atoms with van der Waals surface area (Å²) in [6.45, 7) is 4.40. The fourth-order valence-electron chi connectivity index (χ4n) is 2.63. The Morgan fingerprint density at radius 3 is 2.65 bits per heavy atom. The lowest BCUT2D eigenvalue weighted by Gasteiger charge is -2.37. The molecular formula is C15H18ClNO3. The third-order valence-electron chi connectivity index (χ3n) is 3.79. The summed E-state index contributed by atoms with van der Waals surface area (Å²) < 4.78 is 0. The minimum atomic E-state index is -0.860. The summed E-state index contributed by atoms with van der Waals surface area (Å²) in [5, 5.41) is 9.82. The molecule has 0 saturated carbocycles. The molecule has 5 heteroatoms. The van der Waals surface area contributed by atoms with Crippen LogP contribution in [0.15, 0.2) is 18.2 Å². The van der Waals surface area contributed by atoms with Crippen LogP contribution in [-0.4, -0.2) is 35.0 Å². The highest BCUT2D eigenvalue weighted by Crippen LogP contribution is 2.30. The molecule has 1 atom stereocenters. The zero-order valence-corrected chi connectivity index (χ0v) is 12.4. The predicted octanol–water partition coefficient (Wildman–Crippen LogP) is 2.98. The third-order valence-corrected chi connectivity index (χ3v) is 4.01. The van der Waals surface area contributed by atoms with Crippen LogP contribution >= 0.6 is 11.6 Å². The second-order valence-corrected chi connectivity index (χ2v) is 6.15. The molecule has 1 fully saturated rings. The van der Waals surface area contributed by atoms with Crippen molar-refractivity contribution in [1.29, 1.82) is 0 Å². The summed E-state index contributed by atoms with van der Waals surface area (Å²) in [7, 11) is 0. The number of carbonyl (C=O) groups is 2. The Hall–Kier alpha value is -1.55. The summed E-state index contributed by atoms with van der Waals surface area (Å²) in [4.78, 5) is 25.4. The van der Waals surface area contributed by atoms with Gasteiger partial charge >= 0.3 is 5.97 Å². The molecule has 0 aromatic heterocycles. The van der Waals surface area contributed by atoms with Gasteiger partial charge in [-0.2, -0.15) is 0 Å². The number of likely N-dealkylation sites (tertiary alicyclic amines) is 1. The maximum atomic E-state index is 12.5. The molecule has 0 radical (unpaired) electrons. The zero-order valence-electron chi connectivity index (χ0n) is 11.6. The van der Waals surface area contributed by atoms with Crippen LogP contribution in [-0.2, 0) is 4.79 Å². The molecule has 1 heterocycles. The van der Waals surface area contributed by atoms with Gasteiger partial charge in [0.15, 0.2) is 0 Å². The molecule has 1 aliphatic heterocycles. The Bertz CT molecular complexity index is 538. The summed E-state index contributed by atoms with van der Waals surface area (Å²) >= 11 is 5.97. The van der Waals surface area contributed by atoms with E-state index in [0.717, 1.165) is 5.56 Å². The maximum absolute atomic E-state index is 12.5. The van der Waals surface area contributed by atoms with Crippen molar-refractivity contribution in [3.63, 3.8) is 0 Å². The second-order valence-electron chi connectivity index (χ2n) is 5.71. The largest absolute Gasteiger partial charge is 0.481 e. The number of hydrogen-bond donors (Lipinski definition) is 1. The standard InChI is InChI=1S/C15H18ClNO3/c1-10-6-11(8-12(16)7-10)13(18)17-5-3-4-15(2,9-17)14(19)20/h6-8H,3-5,9H2,1-2H3,(H,19,20). The van der Waals surface area contributed by atoms with Crippen LogP contribution in [0.1, 0.15) is 35.7 Å². The van der Waals surface area contributed by atoms with Crippen LogP contribution in [0.5, 0.6) is 0 Å². The molecule has 4 nitrogen and oxygen atoms in total. The fraction of sp³-hybridized carbons (Fsp3) is 0.467. The van der Waals surface area contributed by atoms with Gasteiger partial charge in [0, 0.05) is 23.7 Å². The van der Waals surface area contributed by atoms with Crippen molar-refractivity contribution < 1.29 is 14.7 Å². The van der Waals surface area contributed by atoms with Crippen LogP contribution in [0.4, 0.5) is 0 Å². The molecule has 108 valence electrons. The first-order chi connectivity index (χ1) is 9.32. The first-order valence-electron chi connectivity index (χ1n) is 6.62. The van der Waals surface area contributed by atoms with Crippen molar-refractivity contribution in [2.75, 3.05) is 13.1 Å². The van der Waals surface area contributed by atoms with Gasteiger partial charge in [0.2, 0.25) is 0 Å². The third kappa shape index (κ3) is 2.96. The fourth-order valence-corrected chi connectivity index (χ4v) is 2.92. The van der Waals surface area contributed by atoms with Crippen LogP contribution in [0.25, 0.3) is 0 Å². The van der Waals surface area contributed by atoms with Crippen LogP contribution in [0, 0.1) is 12.3 Å². The SMILES string of the molecule is Cc1cc(Cl)cc(C(=O)N2CCCC(C)(C(=O)O)C2)c1. The van der Waals surface area contributed by atoms with Crippen molar-refractivity contribution in [3.8, 4) is 0 Å². The van der Waals surface area contributed by atoms with E-state index in [-0.39, 0.29) is 12.5 Å². The molecule has 1 N–H and O–H groups in total. The highest BCUT2D eigenvalue weighted by Gasteiger charge is 2.39. The Kier molecular flexibility index (Phi) is 4.04. The number of rotatable bonds is 2. The molecule has 1 aromatic rings. The lowest BCUT2D eigenvalue weighted by molar-refractivity contribution is -0.150. The van der Waals surface area contributed by atoms with Crippen molar-refractivity contribution >= 4 is 23.5 Å². The highest BCUT2D eigenvalue weighted by atomic mass is 35.5. The Morgan fingerprint density at radius 1 is 1.35 bits per heavy atom. The lowest BCUT2D eigenvalue weighted by atomic mass is 9.82. The molecule has 1 aliphatic rings. The lowest BCUT2D eigenvalue weighted by Crippen LogP contribution is -2.48. The number of carboxylic acids is 1. The average Bonchev–Trinajstić information content (AvgIpc) is 2.36. The van der Waals surface area contributed by atoms with E-state index in [4.69, 9.17) is 11.6 Å². The van der Waals surface area contributed by atoms with Crippen LogP contribution in [0.2, 0.25) is 5.02 Å². The topological polar surface area (TPSA) is 57.6 Å². The van der Waals surface area contributed by atoms with E-state index in [1.807, 2.05) is 6.92 Å². The van der Waals surface area contributed by atoms with Crippen LogP contribution in [0.3, 0.4) is 0 Å². The van der Waals surface area contributed by atoms with Crippen molar-refractivity contribution in [2.45, 2.75) is 26.7 Å². The molecular weight excluding hydrogens is 278 g/mol. The quantitative estimate of drug-likeness (QED) is 0.912. The number of benzene rings is 1. The summed E-state index contributed by atoms with van der Waals surface area (Å²) in [6, 6.07) is 5.19. The molecule has 0 spiro atoms. The minimum absolute atomic E-state index is 0.150. The van der Waals surface area contributed by atoms with Gasteiger partial charge in [-0.15, -0.1) is 0 Å². The zero-order chi connectivity index (χ0) is 14.9. The van der Waals surface area contributed by atoms with E-state index in [0.29, 0.717) is 30.0 Å². The first-order valence-corrected chi connectivity index (χ1v) is 6.99. The van der Waals surface area contributed by atoms with Gasteiger partial charge in [0.1, 0.15) is 0 Å². The van der Waals surface area contributed by atoms with Crippen molar-refractivity contribution in [2.24, 2.45) is 5.41 Å². The van der Waals surface area contributed by atoms with Crippen molar-refractivity contribution in [1.82, 2.24) is 4.90 Å². The second kappa shape index (κ2) is 5.44. The summed E-state index contributed by atoms with van der Waals surface area (Å²) in [5.74, 6) is -1.000. The Morgan fingerprint density at radius 2 is 2.05 bits per heavy atom. The summed E-state index contributed by atoms with van der Waals surface area (Å²) in [6.07, 6.45) is 1.30. The van der Waals surface area contributed by atoms with Gasteiger partial charge in [-0.3, -0.25) is 9.59 Å². The predicted molar refractivity (Wildman–Crippen MR) is 77.1 cm³/mol. The number of aryl methyl sites for hydroxylation is 1.